The highest BCUT2D eigenvalue weighted by Crippen LogP contribution is 2.19. The molecule has 0 amide bonds. The average molecular weight is 276 g/mol. The zero-order valence-electron chi connectivity index (χ0n) is 10.5. The van der Waals surface area contributed by atoms with E-state index in [0.29, 0.717) is 0 Å². The van der Waals surface area contributed by atoms with Gasteiger partial charge in [-0.2, -0.15) is 0 Å². The van der Waals surface area contributed by atoms with Crippen molar-refractivity contribution in [3.63, 3.8) is 0 Å². The van der Waals surface area contributed by atoms with Crippen molar-refractivity contribution in [2.75, 3.05) is 0 Å². The fourth-order valence-electron chi connectivity index (χ4n) is 1.28. The maximum absolute atomic E-state index is 13.4. The summed E-state index contributed by atoms with van der Waals surface area (Å²) in [7, 11) is 0. The molecule has 0 radical (unpaired) electrons. The van der Waals surface area contributed by atoms with Crippen LogP contribution in [0.5, 0.6) is 0 Å². The van der Waals surface area contributed by atoms with Crippen LogP contribution in [0.2, 0.25) is 5.02 Å². The number of benzene rings is 1. The van der Waals surface area contributed by atoms with Crippen molar-refractivity contribution in [1.82, 2.24) is 5.32 Å². The number of nitrogens with zero attached hydrogens (tertiary/aromatic N) is 1. The van der Waals surface area contributed by atoms with Crippen molar-refractivity contribution in [3.05, 3.63) is 34.4 Å². The summed E-state index contributed by atoms with van der Waals surface area (Å²) in [5, 5.41) is 2.67. The molecule has 6 heteroatoms. The molecule has 0 bridgehead atoms. The minimum atomic E-state index is -0.675. The quantitative estimate of drug-likeness (QED) is 0.495. The number of guanidine groups is 1. The first-order chi connectivity index (χ1) is 8.19. The van der Waals surface area contributed by atoms with E-state index >= 15 is 0 Å². The molecule has 0 unspecified atom stereocenters. The summed E-state index contributed by atoms with van der Waals surface area (Å²) in [6.07, 6.45) is 0. The molecular weight excluding hydrogens is 260 g/mol. The van der Waals surface area contributed by atoms with Crippen molar-refractivity contribution < 1.29 is 8.78 Å². The van der Waals surface area contributed by atoms with E-state index in [9.17, 15) is 8.78 Å². The van der Waals surface area contributed by atoms with Gasteiger partial charge in [-0.3, -0.25) is 0 Å². The Balaban J connectivity index is 2.80. The summed E-state index contributed by atoms with van der Waals surface area (Å²) in [4.78, 5) is 3.94. The highest BCUT2D eigenvalue weighted by molar-refractivity contribution is 6.30. The topological polar surface area (TPSA) is 50.4 Å². The second-order valence-corrected chi connectivity index (χ2v) is 5.34. The van der Waals surface area contributed by atoms with Gasteiger partial charge in [0.1, 0.15) is 11.6 Å². The third-order valence-electron chi connectivity index (χ3n) is 2.01. The van der Waals surface area contributed by atoms with E-state index in [1.807, 2.05) is 20.8 Å². The van der Waals surface area contributed by atoms with E-state index < -0.39 is 11.6 Å². The van der Waals surface area contributed by atoms with Gasteiger partial charge >= 0.3 is 0 Å². The molecule has 100 valence electrons. The van der Waals surface area contributed by atoms with Gasteiger partial charge in [0.15, 0.2) is 5.96 Å². The lowest BCUT2D eigenvalue weighted by molar-refractivity contribution is 0.508. The summed E-state index contributed by atoms with van der Waals surface area (Å²) in [6, 6.07) is 1.95. The first-order valence-corrected chi connectivity index (χ1v) is 5.78. The van der Waals surface area contributed by atoms with E-state index in [1.54, 1.807) is 0 Å². The Morgan fingerprint density at radius 3 is 2.50 bits per heavy atom. The van der Waals surface area contributed by atoms with Crippen molar-refractivity contribution in [1.29, 1.82) is 0 Å². The normalized spacial score (nSPS) is 12.7. The predicted molar refractivity (Wildman–Crippen MR) is 69.6 cm³/mol. The zero-order valence-corrected chi connectivity index (χ0v) is 11.3. The Hall–Kier alpha value is -1.36. The summed E-state index contributed by atoms with van der Waals surface area (Å²) in [5.74, 6) is -1.10. The Bertz CT molecular complexity index is 467. The molecule has 0 fully saturated rings. The monoisotopic (exact) mass is 275 g/mol. The van der Waals surface area contributed by atoms with Crippen LogP contribution in [-0.2, 0) is 6.54 Å². The lowest BCUT2D eigenvalue weighted by atomic mass is 10.1. The number of nitrogens with two attached hydrogens (primary N) is 1. The van der Waals surface area contributed by atoms with Gasteiger partial charge in [0.25, 0.3) is 0 Å². The Morgan fingerprint density at radius 2 is 1.94 bits per heavy atom. The molecule has 0 spiro atoms. The average Bonchev–Trinajstić information content (AvgIpc) is 2.19. The minimum absolute atomic E-state index is 0.0468. The molecule has 0 saturated heterocycles. The van der Waals surface area contributed by atoms with Gasteiger partial charge in [0, 0.05) is 11.1 Å². The lowest BCUT2D eigenvalue weighted by Gasteiger charge is -2.21. The van der Waals surface area contributed by atoms with Crippen molar-refractivity contribution in [2.45, 2.75) is 32.9 Å². The first kappa shape index (κ1) is 14.7. The fraction of sp³-hybridized carbons (Fsp3) is 0.417. The van der Waals surface area contributed by atoms with Crippen LogP contribution in [0.4, 0.5) is 8.78 Å². The number of hydrogen-bond donors (Lipinski definition) is 2. The van der Waals surface area contributed by atoms with Gasteiger partial charge in [-0.05, 0) is 32.9 Å². The van der Waals surface area contributed by atoms with E-state index in [-0.39, 0.29) is 28.6 Å². The molecule has 0 atom stereocenters. The number of halogens is 3. The third kappa shape index (κ3) is 4.49. The van der Waals surface area contributed by atoms with Gasteiger partial charge in [-0.25, -0.2) is 13.8 Å². The fourth-order valence-corrected chi connectivity index (χ4v) is 1.43. The molecular formula is C12H16ClF2N3. The van der Waals surface area contributed by atoms with Crippen LogP contribution in [0.25, 0.3) is 0 Å². The van der Waals surface area contributed by atoms with Gasteiger partial charge in [0.2, 0.25) is 0 Å². The number of nitrogens with one attached hydrogen (secondary N) is 1. The number of hydrogen-bond acceptors (Lipinski definition) is 1. The van der Waals surface area contributed by atoms with E-state index in [2.05, 4.69) is 10.3 Å². The van der Waals surface area contributed by atoms with Crippen LogP contribution >= 0.6 is 11.6 Å². The number of rotatable bonds is 2. The van der Waals surface area contributed by atoms with E-state index in [4.69, 9.17) is 17.3 Å². The largest absolute Gasteiger partial charge is 0.370 e. The highest BCUT2D eigenvalue weighted by atomic mass is 35.5. The third-order valence-corrected chi connectivity index (χ3v) is 2.30. The molecule has 3 nitrogen and oxygen atoms in total. The Morgan fingerprint density at radius 1 is 1.33 bits per heavy atom. The smallest absolute Gasteiger partial charge is 0.189 e. The number of aliphatic imine (C=N–C) groups is 1. The lowest BCUT2D eigenvalue weighted by Crippen LogP contribution is -2.45. The van der Waals surface area contributed by atoms with Crippen LogP contribution in [0, 0.1) is 11.6 Å². The Labute approximate surface area is 110 Å². The Kier molecular flexibility index (Phi) is 4.51. The summed E-state index contributed by atoms with van der Waals surface area (Å²) >= 11 is 5.45. The van der Waals surface area contributed by atoms with Crippen LogP contribution < -0.4 is 11.1 Å². The molecule has 3 N–H and O–H groups in total. The van der Waals surface area contributed by atoms with Crippen LogP contribution in [0.15, 0.2) is 17.1 Å². The van der Waals surface area contributed by atoms with Crippen LogP contribution in [-0.4, -0.2) is 11.5 Å². The summed E-state index contributed by atoms with van der Waals surface area (Å²) in [6.45, 7) is 5.70. The molecule has 0 aliphatic rings. The van der Waals surface area contributed by atoms with Gasteiger partial charge < -0.3 is 11.1 Å². The van der Waals surface area contributed by atoms with Crippen molar-refractivity contribution >= 4 is 17.6 Å². The molecule has 0 aromatic heterocycles. The first-order valence-electron chi connectivity index (χ1n) is 5.40. The molecule has 0 saturated carbocycles. The molecule has 1 aromatic rings. The highest BCUT2D eigenvalue weighted by Gasteiger charge is 2.11. The standard InChI is InChI=1S/C12H16ClF2N3/c1-12(2,3)18-11(16)17-6-7-4-10(15)8(13)5-9(7)14/h4-5H,6H2,1-3H3,(H3,16,17,18). The van der Waals surface area contributed by atoms with Crippen molar-refractivity contribution in [2.24, 2.45) is 10.7 Å². The maximum Gasteiger partial charge on any atom is 0.189 e. The second kappa shape index (κ2) is 5.52. The predicted octanol–water partition coefficient (Wildman–Crippen LogP) is 2.82. The molecule has 18 heavy (non-hydrogen) atoms. The van der Waals surface area contributed by atoms with Crippen LogP contribution in [0.1, 0.15) is 26.3 Å². The van der Waals surface area contributed by atoms with Crippen molar-refractivity contribution in [3.8, 4) is 0 Å². The van der Waals surface area contributed by atoms with Gasteiger partial charge in [-0.15, -0.1) is 0 Å². The summed E-state index contributed by atoms with van der Waals surface area (Å²) in [5.41, 5.74) is 5.49. The van der Waals surface area contributed by atoms with E-state index in [0.717, 1.165) is 12.1 Å². The molecule has 0 aliphatic carbocycles. The minimum Gasteiger partial charge on any atom is -0.370 e. The second-order valence-electron chi connectivity index (χ2n) is 4.93. The molecule has 1 rings (SSSR count). The van der Waals surface area contributed by atoms with Gasteiger partial charge in [0.05, 0.1) is 11.6 Å². The van der Waals surface area contributed by atoms with Crippen LogP contribution in [0.3, 0.4) is 0 Å². The zero-order chi connectivity index (χ0) is 13.9. The maximum atomic E-state index is 13.4. The summed E-state index contributed by atoms with van der Waals surface area (Å²) < 4.78 is 26.6. The molecule has 0 heterocycles. The molecule has 0 aliphatic heterocycles. The van der Waals surface area contributed by atoms with E-state index in [1.165, 1.54) is 0 Å². The SMILES string of the molecule is CC(C)(C)NC(N)=NCc1cc(F)c(Cl)cc1F. The molecule has 1 aromatic carbocycles. The van der Waals surface area contributed by atoms with Gasteiger partial charge in [-0.1, -0.05) is 11.6 Å².